The predicted octanol–water partition coefficient (Wildman–Crippen LogP) is 7.42. The highest BCUT2D eigenvalue weighted by Crippen LogP contribution is 2.44. The first-order valence-corrected chi connectivity index (χ1v) is 15.8. The maximum atomic E-state index is 13.5. The Morgan fingerprint density at radius 3 is 2.19 bits per heavy atom. The van der Waals surface area contributed by atoms with Crippen molar-refractivity contribution in [3.63, 3.8) is 0 Å². The van der Waals surface area contributed by atoms with Gasteiger partial charge in [0.05, 0.1) is 15.6 Å². The summed E-state index contributed by atoms with van der Waals surface area (Å²) in [6.45, 7) is 5.84. The van der Waals surface area contributed by atoms with Gasteiger partial charge in [-0.3, -0.25) is 9.59 Å². The summed E-state index contributed by atoms with van der Waals surface area (Å²) in [7, 11) is 1.94. The van der Waals surface area contributed by atoms with Crippen LogP contribution in [0.5, 0.6) is 0 Å². The van der Waals surface area contributed by atoms with Crippen molar-refractivity contribution in [3.8, 4) is 0 Å². The van der Waals surface area contributed by atoms with Crippen molar-refractivity contribution in [2.24, 2.45) is 0 Å². The monoisotopic (exact) mass is 605 g/mol. The molecule has 42 heavy (non-hydrogen) atoms. The van der Waals surface area contributed by atoms with Crippen LogP contribution in [0.4, 0.5) is 0 Å². The van der Waals surface area contributed by atoms with Crippen LogP contribution in [0.3, 0.4) is 0 Å². The molecule has 7 heteroatoms. The number of piperidine rings is 2. The average Bonchev–Trinajstić information content (AvgIpc) is 3.03. The Morgan fingerprint density at radius 2 is 1.52 bits per heavy atom. The first kappa shape index (κ1) is 30.6. The molecule has 3 aromatic carbocycles. The third-order valence-electron chi connectivity index (χ3n) is 9.65. The standard InChI is InChI=1S/C35H41Cl2N3O2/c1-27(41)38(2)35(29-14-7-4-8-15-29)20-24-39(25-21-35)22-10-18-34(30-16-9-17-31(36)32(30)37)19-11-23-40(26-34)33(42)28-12-5-3-6-13-28/h3-9,12-17H,10-11,18-26H2,1-2H3/t34-/m1/s1. The summed E-state index contributed by atoms with van der Waals surface area (Å²) >= 11 is 13.4. The molecule has 2 aliphatic heterocycles. The molecule has 0 aliphatic carbocycles. The molecule has 222 valence electrons. The molecule has 5 nitrogen and oxygen atoms in total. The van der Waals surface area contributed by atoms with Crippen LogP contribution in [0, 0.1) is 0 Å². The summed E-state index contributed by atoms with van der Waals surface area (Å²) in [5.74, 6) is 0.167. The van der Waals surface area contributed by atoms with Gasteiger partial charge in [0.15, 0.2) is 0 Å². The van der Waals surface area contributed by atoms with Crippen LogP contribution in [0.1, 0.15) is 66.9 Å². The van der Waals surface area contributed by atoms with Gasteiger partial charge in [-0.25, -0.2) is 0 Å². The predicted molar refractivity (Wildman–Crippen MR) is 171 cm³/mol. The number of nitrogens with zero attached hydrogens (tertiary/aromatic N) is 3. The molecule has 5 rings (SSSR count). The molecule has 2 saturated heterocycles. The Labute approximate surface area is 260 Å². The van der Waals surface area contributed by atoms with Gasteiger partial charge in [0, 0.05) is 51.1 Å². The Morgan fingerprint density at radius 1 is 0.857 bits per heavy atom. The van der Waals surface area contributed by atoms with E-state index in [1.165, 1.54) is 5.56 Å². The number of carbonyl (C=O) groups excluding carboxylic acids is 2. The van der Waals surface area contributed by atoms with E-state index in [4.69, 9.17) is 23.2 Å². The molecule has 0 unspecified atom stereocenters. The van der Waals surface area contributed by atoms with Gasteiger partial charge in [0.2, 0.25) is 5.91 Å². The van der Waals surface area contributed by atoms with Crippen LogP contribution in [-0.2, 0) is 15.7 Å². The number of hydrogen-bond donors (Lipinski definition) is 0. The SMILES string of the molecule is CC(=O)N(C)C1(c2ccccc2)CCN(CCC[C@@]2(c3cccc(Cl)c3Cl)CCCN(C(=O)c3ccccc3)C2)CC1. The van der Waals surface area contributed by atoms with Gasteiger partial charge in [-0.15, -0.1) is 0 Å². The second-order valence-electron chi connectivity index (χ2n) is 12.0. The molecule has 0 aromatic heterocycles. The van der Waals surface area contributed by atoms with Gasteiger partial charge >= 0.3 is 0 Å². The van der Waals surface area contributed by atoms with Crippen molar-refractivity contribution < 1.29 is 9.59 Å². The lowest BCUT2D eigenvalue weighted by Crippen LogP contribution is -2.53. The van der Waals surface area contributed by atoms with E-state index in [0.717, 1.165) is 75.8 Å². The number of rotatable bonds is 8. The molecular weight excluding hydrogens is 565 g/mol. The fourth-order valence-electron chi connectivity index (χ4n) is 7.20. The van der Waals surface area contributed by atoms with Crippen LogP contribution in [0.25, 0.3) is 0 Å². The number of halogens is 2. The van der Waals surface area contributed by atoms with E-state index < -0.39 is 0 Å². The molecule has 2 aliphatic rings. The Kier molecular flexibility index (Phi) is 9.61. The summed E-state index contributed by atoms with van der Waals surface area (Å²) in [4.78, 5) is 32.5. The van der Waals surface area contributed by atoms with E-state index in [-0.39, 0.29) is 22.8 Å². The van der Waals surface area contributed by atoms with Crippen LogP contribution < -0.4 is 0 Å². The molecule has 1 atom stereocenters. The van der Waals surface area contributed by atoms with Crippen LogP contribution in [0.15, 0.2) is 78.9 Å². The van der Waals surface area contributed by atoms with Gasteiger partial charge in [0.25, 0.3) is 5.91 Å². The van der Waals surface area contributed by atoms with Crippen LogP contribution in [0.2, 0.25) is 10.0 Å². The number of likely N-dealkylation sites (tertiary alicyclic amines) is 2. The zero-order valence-corrected chi connectivity index (χ0v) is 26.2. The third-order valence-corrected chi connectivity index (χ3v) is 10.5. The van der Waals surface area contributed by atoms with Crippen molar-refractivity contribution in [2.45, 2.75) is 56.4 Å². The third kappa shape index (κ3) is 6.24. The minimum absolute atomic E-state index is 0.0701. The van der Waals surface area contributed by atoms with Crippen LogP contribution in [-0.4, -0.2) is 66.3 Å². The molecule has 0 bridgehead atoms. The second kappa shape index (κ2) is 13.2. The minimum atomic E-state index is -0.277. The fourth-order valence-corrected chi connectivity index (χ4v) is 7.70. The topological polar surface area (TPSA) is 43.9 Å². The van der Waals surface area contributed by atoms with Crippen LogP contribution >= 0.6 is 23.2 Å². The lowest BCUT2D eigenvalue weighted by Gasteiger charge is -2.48. The largest absolute Gasteiger partial charge is 0.338 e. The van der Waals surface area contributed by atoms with Crippen molar-refractivity contribution >= 4 is 35.0 Å². The molecule has 0 radical (unpaired) electrons. The first-order chi connectivity index (χ1) is 20.3. The molecule has 0 N–H and O–H groups in total. The van der Waals surface area contributed by atoms with E-state index in [1.807, 2.05) is 65.4 Å². The summed E-state index contributed by atoms with van der Waals surface area (Å²) in [5, 5.41) is 1.16. The molecule has 2 heterocycles. The summed E-state index contributed by atoms with van der Waals surface area (Å²) in [6.07, 6.45) is 5.58. The Hall–Kier alpha value is -2.86. The average molecular weight is 607 g/mol. The molecule has 3 aromatic rings. The Bertz CT molecular complexity index is 1380. The van der Waals surface area contributed by atoms with Gasteiger partial charge in [0.1, 0.15) is 0 Å². The molecule has 0 spiro atoms. The van der Waals surface area contributed by atoms with Crippen molar-refractivity contribution in [3.05, 3.63) is 106 Å². The van der Waals surface area contributed by atoms with E-state index in [1.54, 1.807) is 6.92 Å². The quantitative estimate of drug-likeness (QED) is 0.268. The maximum absolute atomic E-state index is 13.5. The maximum Gasteiger partial charge on any atom is 0.253 e. The highest BCUT2D eigenvalue weighted by molar-refractivity contribution is 6.42. The molecular formula is C35H41Cl2N3O2. The Balaban J connectivity index is 1.31. The summed E-state index contributed by atoms with van der Waals surface area (Å²) in [5.41, 5.74) is 2.44. The molecule has 2 fully saturated rings. The normalized spacial score (nSPS) is 20.7. The zero-order chi connectivity index (χ0) is 29.7. The summed E-state index contributed by atoms with van der Waals surface area (Å²) < 4.78 is 0. The number of benzene rings is 3. The van der Waals surface area contributed by atoms with Gasteiger partial charge < -0.3 is 14.7 Å². The van der Waals surface area contributed by atoms with E-state index >= 15 is 0 Å². The fraction of sp³-hybridized carbons (Fsp3) is 0.429. The van der Waals surface area contributed by atoms with Gasteiger partial charge in [-0.05, 0) is 74.4 Å². The first-order valence-electron chi connectivity index (χ1n) is 15.1. The number of amides is 2. The van der Waals surface area contributed by atoms with E-state index in [9.17, 15) is 9.59 Å². The number of hydrogen-bond acceptors (Lipinski definition) is 3. The highest BCUT2D eigenvalue weighted by Gasteiger charge is 2.42. The smallest absolute Gasteiger partial charge is 0.253 e. The van der Waals surface area contributed by atoms with E-state index in [0.29, 0.717) is 16.6 Å². The van der Waals surface area contributed by atoms with E-state index in [2.05, 4.69) is 35.2 Å². The molecule has 2 amide bonds. The zero-order valence-electron chi connectivity index (χ0n) is 24.7. The van der Waals surface area contributed by atoms with Crippen molar-refractivity contribution in [1.29, 1.82) is 0 Å². The molecule has 0 saturated carbocycles. The van der Waals surface area contributed by atoms with Crippen molar-refractivity contribution in [1.82, 2.24) is 14.7 Å². The number of carbonyl (C=O) groups is 2. The highest BCUT2D eigenvalue weighted by atomic mass is 35.5. The van der Waals surface area contributed by atoms with Gasteiger partial charge in [-0.1, -0.05) is 83.9 Å². The second-order valence-corrected chi connectivity index (χ2v) is 12.8. The lowest BCUT2D eigenvalue weighted by atomic mass is 9.70. The van der Waals surface area contributed by atoms with Gasteiger partial charge in [-0.2, -0.15) is 0 Å². The lowest BCUT2D eigenvalue weighted by molar-refractivity contribution is -0.136. The summed E-state index contributed by atoms with van der Waals surface area (Å²) in [6, 6.07) is 25.9. The minimum Gasteiger partial charge on any atom is -0.338 e. The van der Waals surface area contributed by atoms with Crippen molar-refractivity contribution in [2.75, 3.05) is 39.8 Å².